The molecular weight excluding hydrogens is 358 g/mol. The lowest BCUT2D eigenvalue weighted by Crippen LogP contribution is -2.40. The molecule has 7 heteroatoms. The minimum Gasteiger partial charge on any atom is -0.459 e. The zero-order chi connectivity index (χ0) is 19.5. The Kier molecular flexibility index (Phi) is 5.14. The van der Waals surface area contributed by atoms with Gasteiger partial charge >= 0.3 is 11.8 Å². The van der Waals surface area contributed by atoms with Crippen LogP contribution < -0.4 is 15.5 Å². The van der Waals surface area contributed by atoms with Crippen LogP contribution in [0.4, 0.5) is 11.4 Å². The molecule has 0 radical (unpaired) electrons. The minimum atomic E-state index is -0.661. The SMILES string of the molecule is O=C(Nc1ccc2c(c1)CCCN2C(=O)c1ccco1)C(=O)NC1CCCC1. The third-order valence-electron chi connectivity index (χ3n) is 5.33. The zero-order valence-corrected chi connectivity index (χ0v) is 15.6. The molecule has 0 unspecified atom stereocenters. The van der Waals surface area contributed by atoms with Crippen LogP contribution in [0.5, 0.6) is 0 Å². The lowest BCUT2D eigenvalue weighted by molar-refractivity contribution is -0.136. The van der Waals surface area contributed by atoms with Crippen LogP contribution in [0.2, 0.25) is 0 Å². The van der Waals surface area contributed by atoms with Crippen LogP contribution >= 0.6 is 0 Å². The van der Waals surface area contributed by atoms with Gasteiger partial charge in [-0.3, -0.25) is 14.4 Å². The highest BCUT2D eigenvalue weighted by Gasteiger charge is 2.26. The number of hydrogen-bond donors (Lipinski definition) is 2. The van der Waals surface area contributed by atoms with E-state index in [2.05, 4.69) is 10.6 Å². The number of fused-ring (bicyclic) bond motifs is 1. The van der Waals surface area contributed by atoms with Crippen molar-refractivity contribution >= 4 is 29.1 Å². The Bertz CT molecular complexity index is 885. The second kappa shape index (κ2) is 7.88. The molecule has 1 saturated carbocycles. The highest BCUT2D eigenvalue weighted by atomic mass is 16.3. The summed E-state index contributed by atoms with van der Waals surface area (Å²) in [6.45, 7) is 0.613. The maximum absolute atomic E-state index is 12.6. The first-order valence-electron chi connectivity index (χ1n) is 9.72. The van der Waals surface area contributed by atoms with Gasteiger partial charge in [0.15, 0.2) is 5.76 Å². The Balaban J connectivity index is 1.45. The summed E-state index contributed by atoms with van der Waals surface area (Å²) >= 11 is 0. The highest BCUT2D eigenvalue weighted by molar-refractivity contribution is 6.39. The maximum atomic E-state index is 12.6. The Labute approximate surface area is 163 Å². The number of rotatable bonds is 3. The molecule has 1 aliphatic carbocycles. The van der Waals surface area contributed by atoms with Gasteiger partial charge in [0.25, 0.3) is 5.91 Å². The Morgan fingerprint density at radius 1 is 1.04 bits per heavy atom. The molecule has 2 heterocycles. The van der Waals surface area contributed by atoms with Crippen LogP contribution in [0.3, 0.4) is 0 Å². The summed E-state index contributed by atoms with van der Waals surface area (Å²) in [5, 5.41) is 5.45. The topological polar surface area (TPSA) is 91.7 Å². The van der Waals surface area contributed by atoms with Gasteiger partial charge in [-0.25, -0.2) is 0 Å². The Morgan fingerprint density at radius 2 is 1.86 bits per heavy atom. The number of amides is 3. The first kappa shape index (κ1) is 18.3. The maximum Gasteiger partial charge on any atom is 0.313 e. The molecule has 0 bridgehead atoms. The van der Waals surface area contributed by atoms with E-state index in [0.29, 0.717) is 18.0 Å². The summed E-state index contributed by atoms with van der Waals surface area (Å²) < 4.78 is 5.23. The van der Waals surface area contributed by atoms with E-state index in [9.17, 15) is 14.4 Å². The van der Waals surface area contributed by atoms with Gasteiger partial charge in [-0.1, -0.05) is 12.8 Å². The largest absolute Gasteiger partial charge is 0.459 e. The first-order chi connectivity index (χ1) is 13.6. The molecule has 2 aromatic rings. The number of anilines is 2. The molecular formula is C21H23N3O4. The van der Waals surface area contributed by atoms with Crippen LogP contribution in [-0.2, 0) is 16.0 Å². The van der Waals surface area contributed by atoms with Crippen molar-refractivity contribution in [3.8, 4) is 0 Å². The van der Waals surface area contributed by atoms with Gasteiger partial charge in [0.1, 0.15) is 0 Å². The fraction of sp³-hybridized carbons (Fsp3) is 0.381. The number of hydrogen-bond acceptors (Lipinski definition) is 4. The molecule has 1 aliphatic heterocycles. The number of benzene rings is 1. The van der Waals surface area contributed by atoms with Crippen molar-refractivity contribution in [2.24, 2.45) is 0 Å². The van der Waals surface area contributed by atoms with Crippen molar-refractivity contribution in [1.29, 1.82) is 0 Å². The lowest BCUT2D eigenvalue weighted by Gasteiger charge is -2.29. The number of nitrogens with one attached hydrogen (secondary N) is 2. The van der Waals surface area contributed by atoms with Crippen LogP contribution in [0, 0.1) is 0 Å². The van der Waals surface area contributed by atoms with Gasteiger partial charge in [-0.15, -0.1) is 0 Å². The molecule has 0 atom stereocenters. The smallest absolute Gasteiger partial charge is 0.313 e. The van der Waals surface area contributed by atoms with E-state index in [4.69, 9.17) is 4.42 Å². The van der Waals surface area contributed by atoms with Crippen LogP contribution in [0.1, 0.15) is 48.2 Å². The molecule has 146 valence electrons. The van der Waals surface area contributed by atoms with Gasteiger partial charge in [-0.05, 0) is 61.6 Å². The van der Waals surface area contributed by atoms with E-state index in [0.717, 1.165) is 49.8 Å². The molecule has 3 amide bonds. The van der Waals surface area contributed by atoms with Gasteiger partial charge in [0.2, 0.25) is 0 Å². The van der Waals surface area contributed by atoms with Crippen molar-refractivity contribution in [2.75, 3.05) is 16.8 Å². The molecule has 0 spiro atoms. The highest BCUT2D eigenvalue weighted by Crippen LogP contribution is 2.31. The number of nitrogens with zero attached hydrogens (tertiary/aromatic N) is 1. The number of furan rings is 1. The molecule has 7 nitrogen and oxygen atoms in total. The van der Waals surface area contributed by atoms with Gasteiger partial charge in [0, 0.05) is 24.0 Å². The van der Waals surface area contributed by atoms with Crippen LogP contribution in [0.25, 0.3) is 0 Å². The molecule has 1 aromatic carbocycles. The van der Waals surface area contributed by atoms with Crippen molar-refractivity contribution in [3.63, 3.8) is 0 Å². The molecule has 0 saturated heterocycles. The normalized spacial score (nSPS) is 16.5. The third-order valence-corrected chi connectivity index (χ3v) is 5.33. The fourth-order valence-electron chi connectivity index (χ4n) is 3.93. The first-order valence-corrected chi connectivity index (χ1v) is 9.72. The average molecular weight is 381 g/mol. The van der Waals surface area contributed by atoms with E-state index < -0.39 is 11.8 Å². The number of carbonyl (C=O) groups is 3. The van der Waals surface area contributed by atoms with Crippen LogP contribution in [-0.4, -0.2) is 30.3 Å². The van der Waals surface area contributed by atoms with Crippen molar-refractivity contribution < 1.29 is 18.8 Å². The zero-order valence-electron chi connectivity index (χ0n) is 15.6. The van der Waals surface area contributed by atoms with Gasteiger partial charge < -0.3 is 20.0 Å². The predicted molar refractivity (Wildman–Crippen MR) is 104 cm³/mol. The lowest BCUT2D eigenvalue weighted by atomic mass is 10.0. The van der Waals surface area contributed by atoms with E-state index in [1.165, 1.54) is 6.26 Å². The van der Waals surface area contributed by atoms with Gasteiger partial charge in [0.05, 0.1) is 6.26 Å². The third kappa shape index (κ3) is 3.78. The van der Waals surface area contributed by atoms with E-state index in [1.807, 2.05) is 6.07 Å². The average Bonchev–Trinajstić information content (AvgIpc) is 3.41. The van der Waals surface area contributed by atoms with E-state index in [1.54, 1.807) is 29.2 Å². The molecule has 2 aliphatic rings. The second-order valence-electron chi connectivity index (χ2n) is 7.29. The minimum absolute atomic E-state index is 0.1000. The van der Waals surface area contributed by atoms with Crippen molar-refractivity contribution in [1.82, 2.24) is 5.32 Å². The predicted octanol–water partition coefficient (Wildman–Crippen LogP) is 2.87. The number of aryl methyl sites for hydroxylation is 1. The molecule has 28 heavy (non-hydrogen) atoms. The standard InChI is InChI=1S/C21H23N3O4/c25-19(22-15-6-1-2-7-15)20(26)23-16-9-10-17-14(13-16)5-3-11-24(17)21(27)18-8-4-12-28-18/h4,8-10,12-13,15H,1-3,5-7,11H2,(H,22,25)(H,23,26). The molecule has 1 aromatic heterocycles. The summed E-state index contributed by atoms with van der Waals surface area (Å²) in [6, 6.07) is 8.79. The number of carbonyl (C=O) groups excluding carboxylic acids is 3. The van der Waals surface area contributed by atoms with Crippen LogP contribution in [0.15, 0.2) is 41.0 Å². The summed E-state index contributed by atoms with van der Waals surface area (Å²) in [5.74, 6) is -1.14. The Hall–Kier alpha value is -3.09. The van der Waals surface area contributed by atoms with Crippen molar-refractivity contribution in [3.05, 3.63) is 47.9 Å². The summed E-state index contributed by atoms with van der Waals surface area (Å²) in [4.78, 5) is 38.6. The second-order valence-corrected chi connectivity index (χ2v) is 7.29. The quantitative estimate of drug-likeness (QED) is 0.800. The van der Waals surface area contributed by atoms with Crippen molar-refractivity contribution in [2.45, 2.75) is 44.6 Å². The Morgan fingerprint density at radius 3 is 2.61 bits per heavy atom. The summed E-state index contributed by atoms with van der Waals surface area (Å²) in [5.41, 5.74) is 2.32. The van der Waals surface area contributed by atoms with E-state index >= 15 is 0 Å². The molecule has 2 N–H and O–H groups in total. The summed E-state index contributed by atoms with van der Waals surface area (Å²) in [6.07, 6.45) is 7.13. The monoisotopic (exact) mass is 381 g/mol. The van der Waals surface area contributed by atoms with Gasteiger partial charge in [-0.2, -0.15) is 0 Å². The summed E-state index contributed by atoms with van der Waals surface area (Å²) in [7, 11) is 0. The molecule has 4 rings (SSSR count). The molecule has 1 fully saturated rings. The fourth-order valence-corrected chi connectivity index (χ4v) is 3.93. The van der Waals surface area contributed by atoms with E-state index in [-0.39, 0.29) is 11.9 Å².